The van der Waals surface area contributed by atoms with Crippen LogP contribution in [0.25, 0.3) is 0 Å². The first kappa shape index (κ1) is 14.8. The predicted molar refractivity (Wildman–Crippen MR) is 77.8 cm³/mol. The number of hydrogen-bond acceptors (Lipinski definition) is 4. The molecule has 1 amide bonds. The van der Waals surface area contributed by atoms with E-state index in [0.29, 0.717) is 19.8 Å². The third-order valence-corrected chi connectivity index (χ3v) is 3.46. The van der Waals surface area contributed by atoms with Crippen molar-refractivity contribution in [2.24, 2.45) is 11.7 Å². The fourth-order valence-corrected chi connectivity index (χ4v) is 2.40. The van der Waals surface area contributed by atoms with Gasteiger partial charge in [-0.25, -0.2) is 0 Å². The molecular formula is C15H22N2O3. The maximum absolute atomic E-state index is 12.2. The molecule has 1 heterocycles. The van der Waals surface area contributed by atoms with Gasteiger partial charge in [0, 0.05) is 18.8 Å². The summed E-state index contributed by atoms with van der Waals surface area (Å²) in [4.78, 5) is 12.2. The maximum atomic E-state index is 12.2. The van der Waals surface area contributed by atoms with Gasteiger partial charge < -0.3 is 20.5 Å². The van der Waals surface area contributed by atoms with Crippen molar-refractivity contribution < 1.29 is 14.3 Å². The van der Waals surface area contributed by atoms with Gasteiger partial charge in [0.25, 0.3) is 0 Å². The molecule has 3 N–H and O–H groups in total. The van der Waals surface area contributed by atoms with E-state index < -0.39 is 0 Å². The van der Waals surface area contributed by atoms with Gasteiger partial charge >= 0.3 is 0 Å². The zero-order chi connectivity index (χ0) is 14.4. The van der Waals surface area contributed by atoms with Gasteiger partial charge in [-0.3, -0.25) is 4.79 Å². The molecule has 1 saturated heterocycles. The van der Waals surface area contributed by atoms with Crippen LogP contribution in [0.3, 0.4) is 0 Å². The highest BCUT2D eigenvalue weighted by molar-refractivity contribution is 5.93. The molecule has 0 radical (unpaired) electrons. The van der Waals surface area contributed by atoms with Crippen LogP contribution in [0.2, 0.25) is 0 Å². The Morgan fingerprint density at radius 1 is 1.45 bits per heavy atom. The van der Waals surface area contributed by atoms with Crippen molar-refractivity contribution >= 4 is 11.6 Å². The third kappa shape index (κ3) is 3.71. The summed E-state index contributed by atoms with van der Waals surface area (Å²) in [6, 6.07) is 7.32. The largest absolute Gasteiger partial charge is 0.492 e. The number of carbonyl (C=O) groups is 1. The van der Waals surface area contributed by atoms with Gasteiger partial charge in [0.2, 0.25) is 5.91 Å². The second kappa shape index (κ2) is 7.26. The molecule has 0 spiro atoms. The van der Waals surface area contributed by atoms with Gasteiger partial charge in [0.05, 0.1) is 12.0 Å². The molecular weight excluding hydrogens is 256 g/mol. The number of benzene rings is 1. The molecule has 2 rings (SSSR count). The summed E-state index contributed by atoms with van der Waals surface area (Å²) in [7, 11) is 0. The van der Waals surface area contributed by atoms with Crippen LogP contribution in [0.1, 0.15) is 19.8 Å². The van der Waals surface area contributed by atoms with E-state index in [-0.39, 0.29) is 17.9 Å². The van der Waals surface area contributed by atoms with Crippen molar-refractivity contribution in [1.29, 1.82) is 0 Å². The Kier molecular flexibility index (Phi) is 5.38. The Labute approximate surface area is 119 Å². The molecule has 5 heteroatoms. The minimum atomic E-state index is -0.0480. The number of ether oxygens (including phenoxy) is 2. The highest BCUT2D eigenvalue weighted by atomic mass is 16.5. The molecule has 0 saturated carbocycles. The summed E-state index contributed by atoms with van der Waals surface area (Å²) in [5, 5.41) is 2.93. The molecule has 0 aromatic heterocycles. The summed E-state index contributed by atoms with van der Waals surface area (Å²) in [5.74, 6) is 0.738. The minimum absolute atomic E-state index is 0.0324. The van der Waals surface area contributed by atoms with Crippen molar-refractivity contribution in [1.82, 2.24) is 0 Å². The molecule has 1 aliphatic heterocycles. The lowest BCUT2D eigenvalue weighted by Gasteiger charge is -2.16. The van der Waals surface area contributed by atoms with Gasteiger partial charge in [0.15, 0.2) is 0 Å². The Bertz CT molecular complexity index is 433. The van der Waals surface area contributed by atoms with Gasteiger partial charge in [-0.2, -0.15) is 0 Å². The van der Waals surface area contributed by atoms with E-state index in [1.165, 1.54) is 0 Å². The number of anilines is 1. The van der Waals surface area contributed by atoms with E-state index in [0.717, 1.165) is 24.3 Å². The van der Waals surface area contributed by atoms with Crippen LogP contribution >= 0.6 is 0 Å². The van der Waals surface area contributed by atoms with Crippen LogP contribution in [0.4, 0.5) is 5.69 Å². The van der Waals surface area contributed by atoms with Crippen molar-refractivity contribution in [3.8, 4) is 5.75 Å². The van der Waals surface area contributed by atoms with Crippen molar-refractivity contribution in [2.45, 2.75) is 25.9 Å². The van der Waals surface area contributed by atoms with Gasteiger partial charge in [0.1, 0.15) is 12.4 Å². The minimum Gasteiger partial charge on any atom is -0.492 e. The van der Waals surface area contributed by atoms with Gasteiger partial charge in [-0.05, 0) is 37.1 Å². The number of carbonyl (C=O) groups excluding carboxylic acids is 1. The lowest BCUT2D eigenvalue weighted by molar-refractivity contribution is -0.121. The van der Waals surface area contributed by atoms with Crippen LogP contribution in [-0.4, -0.2) is 31.8 Å². The lowest BCUT2D eigenvalue weighted by atomic mass is 9.98. The Morgan fingerprint density at radius 2 is 2.20 bits per heavy atom. The fourth-order valence-electron chi connectivity index (χ4n) is 2.40. The van der Waals surface area contributed by atoms with Crippen molar-refractivity contribution in [3.05, 3.63) is 24.3 Å². The average Bonchev–Trinajstić information content (AvgIpc) is 2.95. The third-order valence-electron chi connectivity index (χ3n) is 3.46. The summed E-state index contributed by atoms with van der Waals surface area (Å²) < 4.78 is 10.9. The summed E-state index contributed by atoms with van der Waals surface area (Å²) in [6.45, 7) is 3.68. The van der Waals surface area contributed by atoms with Crippen molar-refractivity contribution in [2.75, 3.05) is 25.1 Å². The zero-order valence-electron chi connectivity index (χ0n) is 11.8. The monoisotopic (exact) mass is 278 g/mol. The molecule has 20 heavy (non-hydrogen) atoms. The molecule has 1 fully saturated rings. The van der Waals surface area contributed by atoms with Gasteiger partial charge in [-0.15, -0.1) is 0 Å². The molecule has 1 aromatic carbocycles. The lowest BCUT2D eigenvalue weighted by Crippen LogP contribution is -2.29. The standard InChI is InChI=1S/C15H22N2O3/c1-2-14-13(7-9-20-14)15(18)17-11-3-5-12(6-4-11)19-10-8-16/h3-6,13-14H,2,7-10,16H2,1H3,(H,17,18). The summed E-state index contributed by atoms with van der Waals surface area (Å²) >= 11 is 0. The first-order valence-electron chi connectivity index (χ1n) is 7.10. The van der Waals surface area contributed by atoms with Crippen LogP contribution < -0.4 is 15.8 Å². The van der Waals surface area contributed by atoms with Gasteiger partial charge in [-0.1, -0.05) is 6.92 Å². The molecule has 0 aliphatic carbocycles. The highest BCUT2D eigenvalue weighted by Crippen LogP contribution is 2.25. The summed E-state index contributed by atoms with van der Waals surface area (Å²) in [5.41, 5.74) is 6.15. The first-order valence-corrected chi connectivity index (χ1v) is 7.10. The van der Waals surface area contributed by atoms with E-state index in [4.69, 9.17) is 15.2 Å². The van der Waals surface area contributed by atoms with E-state index in [9.17, 15) is 4.79 Å². The molecule has 110 valence electrons. The molecule has 2 atom stereocenters. The first-order chi connectivity index (χ1) is 9.74. The van der Waals surface area contributed by atoms with Crippen LogP contribution in [0.5, 0.6) is 5.75 Å². The normalized spacial score (nSPS) is 21.7. The SMILES string of the molecule is CCC1OCCC1C(=O)Nc1ccc(OCCN)cc1. The quantitative estimate of drug-likeness (QED) is 0.832. The Hall–Kier alpha value is -1.59. The maximum Gasteiger partial charge on any atom is 0.230 e. The molecule has 1 aromatic rings. The average molecular weight is 278 g/mol. The van der Waals surface area contributed by atoms with Crippen LogP contribution in [0, 0.1) is 5.92 Å². The number of nitrogens with two attached hydrogens (primary N) is 1. The second-order valence-electron chi connectivity index (χ2n) is 4.86. The van der Waals surface area contributed by atoms with Crippen molar-refractivity contribution in [3.63, 3.8) is 0 Å². The van der Waals surface area contributed by atoms with Crippen LogP contribution in [0.15, 0.2) is 24.3 Å². The second-order valence-corrected chi connectivity index (χ2v) is 4.86. The van der Waals surface area contributed by atoms with E-state index in [2.05, 4.69) is 5.32 Å². The Balaban J connectivity index is 1.90. The summed E-state index contributed by atoms with van der Waals surface area (Å²) in [6.07, 6.45) is 1.70. The molecule has 5 nitrogen and oxygen atoms in total. The molecule has 1 aliphatic rings. The fraction of sp³-hybridized carbons (Fsp3) is 0.533. The predicted octanol–water partition coefficient (Wildman–Crippen LogP) is 1.78. The molecule has 0 bridgehead atoms. The smallest absolute Gasteiger partial charge is 0.230 e. The van der Waals surface area contributed by atoms with Crippen LogP contribution in [-0.2, 0) is 9.53 Å². The Morgan fingerprint density at radius 3 is 2.85 bits per heavy atom. The van der Waals surface area contributed by atoms with E-state index in [1.54, 1.807) is 0 Å². The number of amides is 1. The topological polar surface area (TPSA) is 73.6 Å². The highest BCUT2D eigenvalue weighted by Gasteiger charge is 2.32. The number of hydrogen-bond donors (Lipinski definition) is 2. The van der Waals surface area contributed by atoms with E-state index >= 15 is 0 Å². The zero-order valence-corrected chi connectivity index (χ0v) is 11.8. The molecule has 2 unspecified atom stereocenters. The van der Waals surface area contributed by atoms with E-state index in [1.807, 2.05) is 31.2 Å². The number of rotatable bonds is 6. The number of nitrogens with one attached hydrogen (secondary N) is 1.